The molecule has 4 aliphatic rings. The predicted octanol–water partition coefficient (Wildman–Crippen LogP) is 1.41. The van der Waals surface area contributed by atoms with E-state index < -0.39 is 36.0 Å². The van der Waals surface area contributed by atoms with Gasteiger partial charge in [0.15, 0.2) is 5.78 Å². The number of ether oxygens (including phenoxy) is 1. The number of carbonyl (C=O) groups is 2. The van der Waals surface area contributed by atoms with E-state index in [1.807, 2.05) is 35.2 Å². The van der Waals surface area contributed by atoms with E-state index >= 15 is 4.39 Å². The van der Waals surface area contributed by atoms with Crippen LogP contribution in [-0.2, 0) is 20.7 Å². The largest absolute Gasteiger partial charge is 0.478 e. The molecule has 8 heteroatoms. The molecule has 8 atom stereocenters. The molecule has 5 rings (SSSR count). The summed E-state index contributed by atoms with van der Waals surface area (Å²) in [6, 6.07) is 9.04. The Morgan fingerprint density at radius 3 is 2.78 bits per heavy atom. The maximum absolute atomic E-state index is 15.4. The van der Waals surface area contributed by atoms with Crippen molar-refractivity contribution in [3.05, 3.63) is 47.7 Å². The van der Waals surface area contributed by atoms with Crippen LogP contribution in [0.2, 0.25) is 0 Å². The molecule has 0 bridgehead atoms. The SMILES string of the molecule is NC1CCC2C(C1)OC1C(NCCc3ccccc3)C(F)CC3C(=O)C(C(=O)O)=CN2C31. The number of hydrogen-bond acceptors (Lipinski definition) is 6. The standard InChI is InChI=1S/C24H30FN3O4/c25-17-11-15-21-23(20(17)27-9-8-13-4-2-1-3-5-13)32-19-10-14(26)6-7-18(19)28(21)12-16(22(15)29)24(30)31/h1-5,12,14-15,17-21,23,27H,6-11,26H2,(H,30,31). The van der Waals surface area contributed by atoms with Crippen molar-refractivity contribution in [2.24, 2.45) is 11.7 Å². The average molecular weight is 444 g/mol. The Balaban J connectivity index is 1.42. The van der Waals surface area contributed by atoms with Crippen LogP contribution in [0.25, 0.3) is 0 Å². The second-order valence-electron chi connectivity index (χ2n) is 9.50. The molecule has 0 amide bonds. The Morgan fingerprint density at radius 1 is 1.25 bits per heavy atom. The number of benzene rings is 1. The summed E-state index contributed by atoms with van der Waals surface area (Å²) in [5.74, 6) is -2.45. The van der Waals surface area contributed by atoms with Crippen LogP contribution in [0.15, 0.2) is 42.1 Å². The van der Waals surface area contributed by atoms with Gasteiger partial charge >= 0.3 is 5.97 Å². The van der Waals surface area contributed by atoms with Gasteiger partial charge in [-0.15, -0.1) is 0 Å². The summed E-state index contributed by atoms with van der Waals surface area (Å²) in [6.45, 7) is 0.587. The molecular formula is C24H30FN3O4. The number of aliphatic carboxylic acids is 1. The minimum absolute atomic E-state index is 0.00435. The van der Waals surface area contributed by atoms with Gasteiger partial charge in [-0.25, -0.2) is 9.18 Å². The fourth-order valence-corrected chi connectivity index (χ4v) is 6.06. The molecule has 0 aromatic heterocycles. The topological polar surface area (TPSA) is 105 Å². The first kappa shape index (κ1) is 21.6. The number of hydrogen-bond donors (Lipinski definition) is 3. The highest BCUT2D eigenvalue weighted by Crippen LogP contribution is 2.45. The second-order valence-corrected chi connectivity index (χ2v) is 9.50. The highest BCUT2D eigenvalue weighted by molar-refractivity contribution is 6.18. The highest BCUT2D eigenvalue weighted by atomic mass is 19.1. The van der Waals surface area contributed by atoms with Gasteiger partial charge in [-0.2, -0.15) is 0 Å². The molecule has 2 heterocycles. The van der Waals surface area contributed by atoms with Crippen LogP contribution in [-0.4, -0.2) is 70.9 Å². The molecule has 3 fully saturated rings. The van der Waals surface area contributed by atoms with Gasteiger partial charge in [0, 0.05) is 18.2 Å². The Kier molecular flexibility index (Phi) is 5.77. The summed E-state index contributed by atoms with van der Waals surface area (Å²) in [7, 11) is 0. The zero-order valence-electron chi connectivity index (χ0n) is 17.9. The number of halogens is 1. The average Bonchev–Trinajstić information content (AvgIpc) is 2.77. The number of ketones is 1. The summed E-state index contributed by atoms with van der Waals surface area (Å²) in [4.78, 5) is 26.7. The van der Waals surface area contributed by atoms with Gasteiger partial charge in [-0.05, 0) is 44.2 Å². The summed E-state index contributed by atoms with van der Waals surface area (Å²) in [6.07, 6.45) is 2.44. The molecule has 1 aromatic carbocycles. The molecule has 172 valence electrons. The van der Waals surface area contributed by atoms with Crippen molar-refractivity contribution in [1.82, 2.24) is 10.2 Å². The molecule has 2 aliphatic carbocycles. The van der Waals surface area contributed by atoms with E-state index in [-0.39, 0.29) is 36.2 Å². The monoisotopic (exact) mass is 443 g/mol. The number of carboxylic acid groups (broad SMARTS) is 1. The lowest BCUT2D eigenvalue weighted by atomic mass is 9.69. The lowest BCUT2D eigenvalue weighted by molar-refractivity contribution is -0.198. The number of nitrogens with zero attached hydrogens (tertiary/aromatic N) is 1. The number of Topliss-reactive ketones (excluding diaryl/α,β-unsaturated/α-hetero) is 1. The number of nitrogens with one attached hydrogen (secondary N) is 1. The number of nitrogens with two attached hydrogens (primary N) is 1. The Labute approximate surface area is 186 Å². The van der Waals surface area contributed by atoms with Gasteiger partial charge in [0.25, 0.3) is 0 Å². The first-order valence-corrected chi connectivity index (χ1v) is 11.5. The lowest BCUT2D eigenvalue weighted by Gasteiger charge is -2.59. The maximum atomic E-state index is 15.4. The molecule has 2 saturated carbocycles. The predicted molar refractivity (Wildman–Crippen MR) is 116 cm³/mol. The first-order chi connectivity index (χ1) is 15.4. The van der Waals surface area contributed by atoms with Crippen LogP contribution in [0.3, 0.4) is 0 Å². The first-order valence-electron chi connectivity index (χ1n) is 11.5. The van der Waals surface area contributed by atoms with Crippen LogP contribution < -0.4 is 11.1 Å². The third-order valence-electron chi connectivity index (χ3n) is 7.58. The third kappa shape index (κ3) is 3.74. The van der Waals surface area contributed by atoms with Crippen LogP contribution in [0.4, 0.5) is 4.39 Å². The van der Waals surface area contributed by atoms with Gasteiger partial charge in [0.2, 0.25) is 0 Å². The zero-order valence-corrected chi connectivity index (χ0v) is 17.9. The maximum Gasteiger partial charge on any atom is 0.340 e. The second kappa shape index (κ2) is 8.57. The molecule has 7 nitrogen and oxygen atoms in total. The van der Waals surface area contributed by atoms with Crippen molar-refractivity contribution in [3.8, 4) is 0 Å². The van der Waals surface area contributed by atoms with Gasteiger partial charge in [-0.3, -0.25) is 4.79 Å². The van der Waals surface area contributed by atoms with E-state index in [1.165, 1.54) is 6.20 Å². The van der Waals surface area contributed by atoms with Crippen molar-refractivity contribution < 1.29 is 23.8 Å². The van der Waals surface area contributed by atoms with Crippen LogP contribution >= 0.6 is 0 Å². The Morgan fingerprint density at radius 2 is 2.03 bits per heavy atom. The van der Waals surface area contributed by atoms with Crippen LogP contribution in [0.5, 0.6) is 0 Å². The highest BCUT2D eigenvalue weighted by Gasteiger charge is 2.58. The molecule has 1 saturated heterocycles. The molecular weight excluding hydrogens is 413 g/mol. The normalized spacial score (nSPS) is 38.5. The zero-order chi connectivity index (χ0) is 22.4. The van der Waals surface area contributed by atoms with Crippen LogP contribution in [0, 0.1) is 5.92 Å². The summed E-state index contributed by atoms with van der Waals surface area (Å²) in [5, 5.41) is 13.0. The number of alkyl halides is 1. The summed E-state index contributed by atoms with van der Waals surface area (Å²) >= 11 is 0. The lowest BCUT2D eigenvalue weighted by Crippen LogP contribution is -2.73. The number of fused-ring (bicyclic) bond motifs is 2. The van der Waals surface area contributed by atoms with Gasteiger partial charge in [0.1, 0.15) is 11.7 Å². The van der Waals surface area contributed by atoms with Crippen molar-refractivity contribution in [2.75, 3.05) is 6.54 Å². The van der Waals surface area contributed by atoms with E-state index in [2.05, 4.69) is 5.32 Å². The van der Waals surface area contributed by atoms with E-state index in [9.17, 15) is 14.7 Å². The van der Waals surface area contributed by atoms with Crippen molar-refractivity contribution in [3.63, 3.8) is 0 Å². The van der Waals surface area contributed by atoms with Crippen molar-refractivity contribution in [1.29, 1.82) is 0 Å². The Bertz CT molecular complexity index is 910. The smallest absolute Gasteiger partial charge is 0.340 e. The Hall–Kier alpha value is -2.29. The van der Waals surface area contributed by atoms with Crippen molar-refractivity contribution in [2.45, 2.75) is 74.7 Å². The number of carbonyl (C=O) groups excluding carboxylic acids is 1. The van der Waals surface area contributed by atoms with E-state index in [1.54, 1.807) is 0 Å². The van der Waals surface area contributed by atoms with Crippen LogP contribution in [0.1, 0.15) is 31.2 Å². The molecule has 1 aromatic rings. The molecule has 0 radical (unpaired) electrons. The third-order valence-corrected chi connectivity index (χ3v) is 7.58. The molecule has 32 heavy (non-hydrogen) atoms. The fraction of sp³-hybridized carbons (Fsp3) is 0.583. The number of carboxylic acids is 1. The number of morpholine rings is 1. The van der Waals surface area contributed by atoms with E-state index in [0.29, 0.717) is 13.0 Å². The fourth-order valence-electron chi connectivity index (χ4n) is 6.06. The number of rotatable bonds is 5. The summed E-state index contributed by atoms with van der Waals surface area (Å²) < 4.78 is 21.9. The molecule has 4 N–H and O–H groups in total. The van der Waals surface area contributed by atoms with Gasteiger partial charge < -0.3 is 25.8 Å². The van der Waals surface area contributed by atoms with Gasteiger partial charge in [0.05, 0.1) is 30.3 Å². The van der Waals surface area contributed by atoms with Gasteiger partial charge in [-0.1, -0.05) is 30.3 Å². The van der Waals surface area contributed by atoms with Crippen molar-refractivity contribution >= 4 is 11.8 Å². The quantitative estimate of drug-likeness (QED) is 0.591. The molecule has 0 spiro atoms. The minimum atomic E-state index is -1.30. The summed E-state index contributed by atoms with van der Waals surface area (Å²) in [5.41, 5.74) is 7.11. The van der Waals surface area contributed by atoms with E-state index in [4.69, 9.17) is 10.5 Å². The molecule has 2 aliphatic heterocycles. The minimum Gasteiger partial charge on any atom is -0.478 e. The molecule has 8 unspecified atom stereocenters. The van der Waals surface area contributed by atoms with E-state index in [0.717, 1.165) is 24.8 Å².